The number of nitrogens with zero attached hydrogens (tertiary/aromatic N) is 2. The van der Waals surface area contributed by atoms with Gasteiger partial charge in [0.05, 0.1) is 16.2 Å². The number of aromatic nitrogens is 2. The molecule has 2 aromatic carbocycles. The Labute approximate surface area is 188 Å². The number of thiazole rings is 1. The van der Waals surface area contributed by atoms with Crippen LogP contribution in [0.3, 0.4) is 0 Å². The minimum atomic E-state index is -3.91. The summed E-state index contributed by atoms with van der Waals surface area (Å²) in [6, 6.07) is 12.5. The van der Waals surface area contributed by atoms with E-state index in [1.54, 1.807) is 42.8 Å². The van der Waals surface area contributed by atoms with Crippen molar-refractivity contribution in [2.75, 3.05) is 4.72 Å². The standard InChI is InChI=1S/C22H19N3O5S2/c1-14-4-3-5-16(10-14)24-32(28,29)18-7-6-15(2)19(12-18)21(27)30-13-17-11-20(26)25-8-9-31-22(25)23-17/h3-12,24H,13H2,1-2H3. The number of hydrogen-bond acceptors (Lipinski definition) is 7. The summed E-state index contributed by atoms with van der Waals surface area (Å²) in [6.45, 7) is 3.33. The number of rotatable bonds is 6. The van der Waals surface area contributed by atoms with Gasteiger partial charge >= 0.3 is 5.97 Å². The van der Waals surface area contributed by atoms with Gasteiger partial charge in [0.25, 0.3) is 15.6 Å². The lowest BCUT2D eigenvalue weighted by atomic mass is 10.1. The van der Waals surface area contributed by atoms with Gasteiger partial charge < -0.3 is 4.74 Å². The fraction of sp³-hybridized carbons (Fsp3) is 0.136. The van der Waals surface area contributed by atoms with E-state index >= 15 is 0 Å². The molecule has 4 rings (SSSR count). The van der Waals surface area contributed by atoms with Crippen LogP contribution in [0, 0.1) is 13.8 Å². The molecule has 4 aromatic rings. The molecule has 0 radical (unpaired) electrons. The van der Waals surface area contributed by atoms with E-state index < -0.39 is 16.0 Å². The Morgan fingerprint density at radius 1 is 1.16 bits per heavy atom. The van der Waals surface area contributed by atoms with Crippen LogP contribution < -0.4 is 10.3 Å². The van der Waals surface area contributed by atoms with Crippen molar-refractivity contribution in [1.29, 1.82) is 0 Å². The van der Waals surface area contributed by atoms with Crippen molar-refractivity contribution in [3.63, 3.8) is 0 Å². The fourth-order valence-electron chi connectivity index (χ4n) is 3.09. The molecule has 0 saturated carbocycles. The van der Waals surface area contributed by atoms with E-state index in [0.29, 0.717) is 21.9 Å². The van der Waals surface area contributed by atoms with E-state index in [0.717, 1.165) is 5.56 Å². The third-order valence-corrected chi connectivity index (χ3v) is 6.85. The van der Waals surface area contributed by atoms with Crippen LogP contribution in [-0.4, -0.2) is 23.8 Å². The van der Waals surface area contributed by atoms with Crippen molar-refractivity contribution in [2.45, 2.75) is 25.3 Å². The number of esters is 1. The van der Waals surface area contributed by atoms with Crippen LogP contribution >= 0.6 is 11.3 Å². The number of fused-ring (bicyclic) bond motifs is 1. The van der Waals surface area contributed by atoms with Gasteiger partial charge in [0.15, 0.2) is 4.96 Å². The third kappa shape index (κ3) is 4.56. The zero-order valence-corrected chi connectivity index (χ0v) is 18.9. The number of nitrogens with one attached hydrogen (secondary N) is 1. The van der Waals surface area contributed by atoms with E-state index in [2.05, 4.69) is 9.71 Å². The van der Waals surface area contributed by atoms with E-state index in [4.69, 9.17) is 4.74 Å². The van der Waals surface area contributed by atoms with E-state index in [1.165, 1.54) is 33.9 Å². The number of sulfonamides is 1. The molecule has 0 spiro atoms. The molecule has 0 saturated heterocycles. The molecule has 0 fully saturated rings. The minimum absolute atomic E-state index is 0.0621. The molecule has 0 aliphatic rings. The lowest BCUT2D eigenvalue weighted by Crippen LogP contribution is -2.16. The molecular weight excluding hydrogens is 450 g/mol. The summed E-state index contributed by atoms with van der Waals surface area (Å²) in [5.74, 6) is -0.705. The van der Waals surface area contributed by atoms with Crippen molar-refractivity contribution >= 4 is 38.0 Å². The van der Waals surface area contributed by atoms with Crippen molar-refractivity contribution in [3.05, 3.63) is 92.8 Å². The van der Waals surface area contributed by atoms with Gasteiger partial charge in [-0.2, -0.15) is 0 Å². The van der Waals surface area contributed by atoms with Crippen LogP contribution in [0.1, 0.15) is 27.2 Å². The maximum atomic E-state index is 12.8. The van der Waals surface area contributed by atoms with Crippen molar-refractivity contribution in [1.82, 2.24) is 9.38 Å². The molecule has 2 aromatic heterocycles. The number of carbonyl (C=O) groups is 1. The average molecular weight is 470 g/mol. The third-order valence-electron chi connectivity index (χ3n) is 4.72. The van der Waals surface area contributed by atoms with Crippen molar-refractivity contribution < 1.29 is 17.9 Å². The smallest absolute Gasteiger partial charge is 0.338 e. The van der Waals surface area contributed by atoms with E-state index in [9.17, 15) is 18.0 Å². The molecule has 0 bridgehead atoms. The molecule has 0 aliphatic carbocycles. The largest absolute Gasteiger partial charge is 0.456 e. The second kappa shape index (κ2) is 8.56. The molecule has 2 heterocycles. The molecule has 164 valence electrons. The zero-order valence-electron chi connectivity index (χ0n) is 17.2. The van der Waals surface area contributed by atoms with Gasteiger partial charge in [-0.05, 0) is 49.2 Å². The molecule has 32 heavy (non-hydrogen) atoms. The first kappa shape index (κ1) is 21.7. The number of benzene rings is 2. The quantitative estimate of drug-likeness (QED) is 0.433. The van der Waals surface area contributed by atoms with Crippen molar-refractivity contribution in [2.24, 2.45) is 0 Å². The fourth-order valence-corrected chi connectivity index (χ4v) is 4.90. The molecular formula is C22H19N3O5S2. The first-order chi connectivity index (χ1) is 15.2. The number of anilines is 1. The van der Waals surface area contributed by atoms with E-state index in [-0.39, 0.29) is 22.6 Å². The molecule has 0 aliphatic heterocycles. The van der Waals surface area contributed by atoms with Crippen LogP contribution in [0.25, 0.3) is 4.96 Å². The highest BCUT2D eigenvalue weighted by Gasteiger charge is 2.19. The van der Waals surface area contributed by atoms with Gasteiger partial charge in [0.1, 0.15) is 6.61 Å². The van der Waals surface area contributed by atoms with Crippen molar-refractivity contribution in [3.8, 4) is 0 Å². The maximum Gasteiger partial charge on any atom is 0.338 e. The first-order valence-electron chi connectivity index (χ1n) is 9.56. The Balaban J connectivity index is 1.54. The summed E-state index contributed by atoms with van der Waals surface area (Å²) in [4.78, 5) is 29.5. The summed E-state index contributed by atoms with van der Waals surface area (Å²) in [7, 11) is -3.91. The monoisotopic (exact) mass is 469 g/mol. The predicted octanol–water partition coefficient (Wildman–Crippen LogP) is 3.53. The number of carbonyl (C=O) groups excluding carboxylic acids is 1. The van der Waals surface area contributed by atoms with Gasteiger partial charge in [0, 0.05) is 23.3 Å². The van der Waals surface area contributed by atoms with Gasteiger partial charge in [-0.3, -0.25) is 13.9 Å². The first-order valence-corrected chi connectivity index (χ1v) is 11.9. The lowest BCUT2D eigenvalue weighted by Gasteiger charge is -2.12. The molecule has 0 amide bonds. The Morgan fingerprint density at radius 2 is 1.97 bits per heavy atom. The van der Waals surface area contributed by atoms with Gasteiger partial charge in [0.2, 0.25) is 0 Å². The molecule has 1 N–H and O–H groups in total. The number of ether oxygens (including phenoxy) is 1. The SMILES string of the molecule is Cc1cccc(NS(=O)(=O)c2ccc(C)c(C(=O)OCc3cc(=O)n4ccsc4n3)c2)c1. The Morgan fingerprint density at radius 3 is 2.75 bits per heavy atom. The summed E-state index contributed by atoms with van der Waals surface area (Å²) < 4.78 is 34.8. The highest BCUT2D eigenvalue weighted by atomic mass is 32.2. The predicted molar refractivity (Wildman–Crippen MR) is 122 cm³/mol. The van der Waals surface area contributed by atoms with Crippen LogP contribution in [0.4, 0.5) is 5.69 Å². The van der Waals surface area contributed by atoms with Gasteiger partial charge in [-0.25, -0.2) is 18.2 Å². The highest BCUT2D eigenvalue weighted by Crippen LogP contribution is 2.21. The minimum Gasteiger partial charge on any atom is -0.456 e. The summed E-state index contributed by atoms with van der Waals surface area (Å²) in [5, 5.41) is 1.74. The number of aryl methyl sites for hydroxylation is 2. The summed E-state index contributed by atoms with van der Waals surface area (Å²) in [6.07, 6.45) is 1.62. The lowest BCUT2D eigenvalue weighted by molar-refractivity contribution is 0.0466. The second-order valence-corrected chi connectivity index (χ2v) is 9.72. The topological polar surface area (TPSA) is 107 Å². The molecule has 10 heteroatoms. The highest BCUT2D eigenvalue weighted by molar-refractivity contribution is 7.92. The maximum absolute atomic E-state index is 12.8. The molecule has 0 unspecified atom stereocenters. The second-order valence-electron chi connectivity index (χ2n) is 7.17. The summed E-state index contributed by atoms with van der Waals surface area (Å²) >= 11 is 1.29. The Kier molecular flexibility index (Phi) is 5.81. The summed E-state index contributed by atoms with van der Waals surface area (Å²) in [5.41, 5.74) is 2.06. The molecule has 0 atom stereocenters. The van der Waals surface area contributed by atoms with Crippen LogP contribution in [0.5, 0.6) is 0 Å². The van der Waals surface area contributed by atoms with Gasteiger partial charge in [-0.1, -0.05) is 18.2 Å². The number of hydrogen-bond donors (Lipinski definition) is 1. The van der Waals surface area contributed by atoms with Crippen LogP contribution in [0.2, 0.25) is 0 Å². The zero-order chi connectivity index (χ0) is 22.9. The normalized spacial score (nSPS) is 11.4. The van der Waals surface area contributed by atoms with Gasteiger partial charge in [-0.15, -0.1) is 11.3 Å². The Bertz CT molecular complexity index is 1490. The Hall–Kier alpha value is -3.50. The molecule has 8 nitrogen and oxygen atoms in total. The van der Waals surface area contributed by atoms with Crippen LogP contribution in [0.15, 0.2) is 69.8 Å². The van der Waals surface area contributed by atoms with E-state index in [1.807, 2.05) is 13.0 Å². The van der Waals surface area contributed by atoms with Crippen LogP contribution in [-0.2, 0) is 21.4 Å². The average Bonchev–Trinajstić information content (AvgIpc) is 3.21.